The molecule has 7 heteroatoms. The molecule has 20 heavy (non-hydrogen) atoms. The zero-order valence-electron chi connectivity index (χ0n) is 11.0. The van der Waals surface area contributed by atoms with Gasteiger partial charge in [0, 0.05) is 7.11 Å². The number of para-hydroxylation sites is 1. The second-order valence-electron chi connectivity index (χ2n) is 4.12. The van der Waals surface area contributed by atoms with E-state index in [2.05, 4.69) is 4.98 Å². The fraction of sp³-hybridized carbons (Fsp3) is 0.308. The van der Waals surface area contributed by atoms with Gasteiger partial charge in [0.2, 0.25) is 5.91 Å². The summed E-state index contributed by atoms with van der Waals surface area (Å²) in [6, 6.07) is 7.11. The summed E-state index contributed by atoms with van der Waals surface area (Å²) < 4.78 is 6.52. The van der Waals surface area contributed by atoms with Gasteiger partial charge in [-0.3, -0.25) is 14.2 Å². The summed E-state index contributed by atoms with van der Waals surface area (Å²) in [6.07, 6.45) is 0. The number of rotatable bonds is 6. The fourth-order valence-corrected chi connectivity index (χ4v) is 2.54. The molecule has 0 bridgehead atoms. The van der Waals surface area contributed by atoms with Crippen LogP contribution in [0.5, 0.6) is 0 Å². The van der Waals surface area contributed by atoms with Crippen molar-refractivity contribution < 1.29 is 9.53 Å². The Bertz CT molecular complexity index is 684. The van der Waals surface area contributed by atoms with Crippen LogP contribution in [0.25, 0.3) is 10.9 Å². The molecule has 6 nitrogen and oxygen atoms in total. The van der Waals surface area contributed by atoms with Crippen LogP contribution in [0.1, 0.15) is 0 Å². The van der Waals surface area contributed by atoms with Crippen LogP contribution in [0, 0.1) is 0 Å². The molecule has 0 aliphatic rings. The summed E-state index contributed by atoms with van der Waals surface area (Å²) in [5.74, 6) is -0.367. The molecule has 0 unspecified atom stereocenters. The number of nitrogens with zero attached hydrogens (tertiary/aromatic N) is 2. The van der Waals surface area contributed by atoms with Crippen LogP contribution in [0.3, 0.4) is 0 Å². The van der Waals surface area contributed by atoms with Crippen molar-refractivity contribution in [1.82, 2.24) is 9.55 Å². The van der Waals surface area contributed by atoms with Gasteiger partial charge >= 0.3 is 0 Å². The Morgan fingerprint density at radius 2 is 2.20 bits per heavy atom. The lowest BCUT2D eigenvalue weighted by Gasteiger charge is -2.12. The van der Waals surface area contributed by atoms with E-state index < -0.39 is 5.91 Å². The Morgan fingerprint density at radius 3 is 2.90 bits per heavy atom. The van der Waals surface area contributed by atoms with E-state index in [0.29, 0.717) is 29.2 Å². The third-order valence-corrected chi connectivity index (χ3v) is 3.69. The molecule has 0 atom stereocenters. The van der Waals surface area contributed by atoms with E-state index in [-0.39, 0.29) is 11.3 Å². The Kier molecular flexibility index (Phi) is 4.75. The second kappa shape index (κ2) is 6.53. The number of fused-ring (bicyclic) bond motifs is 1. The number of carbonyl (C=O) groups is 1. The van der Waals surface area contributed by atoms with Crippen molar-refractivity contribution in [3.63, 3.8) is 0 Å². The number of benzene rings is 1. The molecule has 0 saturated heterocycles. The zero-order chi connectivity index (χ0) is 14.5. The molecule has 0 fully saturated rings. The first kappa shape index (κ1) is 14.5. The van der Waals surface area contributed by atoms with Crippen molar-refractivity contribution in [1.29, 1.82) is 0 Å². The number of nitrogens with two attached hydrogens (primary N) is 1. The number of hydrogen-bond acceptors (Lipinski definition) is 5. The lowest BCUT2D eigenvalue weighted by Crippen LogP contribution is -2.26. The monoisotopic (exact) mass is 293 g/mol. The zero-order valence-corrected chi connectivity index (χ0v) is 11.9. The molecule has 0 aliphatic carbocycles. The molecule has 0 saturated carbocycles. The first-order chi connectivity index (χ1) is 9.63. The summed E-state index contributed by atoms with van der Waals surface area (Å²) >= 11 is 1.16. The quantitative estimate of drug-likeness (QED) is 0.623. The number of hydrogen-bond donors (Lipinski definition) is 1. The maximum Gasteiger partial charge on any atom is 0.262 e. The first-order valence-electron chi connectivity index (χ1n) is 6.03. The first-order valence-corrected chi connectivity index (χ1v) is 7.01. The highest BCUT2D eigenvalue weighted by Crippen LogP contribution is 2.17. The van der Waals surface area contributed by atoms with Crippen molar-refractivity contribution in [3.8, 4) is 0 Å². The molecule has 1 amide bonds. The van der Waals surface area contributed by atoms with Gasteiger partial charge in [0.05, 0.1) is 29.8 Å². The van der Waals surface area contributed by atoms with Gasteiger partial charge in [0.15, 0.2) is 5.16 Å². The number of methoxy groups -OCH3 is 1. The Morgan fingerprint density at radius 1 is 1.45 bits per heavy atom. The Balaban J connectivity index is 2.51. The van der Waals surface area contributed by atoms with E-state index in [1.165, 1.54) is 4.57 Å². The van der Waals surface area contributed by atoms with Crippen LogP contribution in [-0.2, 0) is 16.1 Å². The summed E-state index contributed by atoms with van der Waals surface area (Å²) in [5, 5.41) is 1.02. The Hall–Kier alpha value is -1.86. The van der Waals surface area contributed by atoms with Crippen molar-refractivity contribution in [2.45, 2.75) is 11.7 Å². The van der Waals surface area contributed by atoms with Crippen LogP contribution < -0.4 is 11.3 Å². The SMILES string of the molecule is COCCn1c(SCC(N)=O)nc2ccccc2c1=O. The van der Waals surface area contributed by atoms with Crippen molar-refractivity contribution >= 4 is 28.6 Å². The van der Waals surface area contributed by atoms with Crippen LogP contribution in [0.4, 0.5) is 0 Å². The standard InChI is InChI=1S/C13H15N3O3S/c1-19-7-6-16-12(18)9-4-2-3-5-10(9)15-13(16)20-8-11(14)17/h2-5H,6-8H2,1H3,(H2,14,17). The molecule has 0 spiro atoms. The molecular formula is C13H15N3O3S. The highest BCUT2D eigenvalue weighted by Gasteiger charge is 2.11. The average Bonchev–Trinajstić information content (AvgIpc) is 2.44. The van der Waals surface area contributed by atoms with E-state index in [4.69, 9.17) is 10.5 Å². The van der Waals surface area contributed by atoms with Gasteiger partial charge in [0.25, 0.3) is 5.56 Å². The summed E-state index contributed by atoms with van der Waals surface area (Å²) in [4.78, 5) is 27.8. The summed E-state index contributed by atoms with van der Waals surface area (Å²) in [6.45, 7) is 0.776. The molecule has 2 aromatic rings. The Labute approximate surface area is 119 Å². The maximum atomic E-state index is 12.4. The molecular weight excluding hydrogens is 278 g/mol. The number of ether oxygens (including phenoxy) is 1. The summed E-state index contributed by atoms with van der Waals surface area (Å²) in [5.41, 5.74) is 5.61. The van der Waals surface area contributed by atoms with Gasteiger partial charge in [-0.2, -0.15) is 0 Å². The van der Waals surface area contributed by atoms with Gasteiger partial charge in [0.1, 0.15) is 0 Å². The van der Waals surface area contributed by atoms with Crippen LogP contribution in [0.2, 0.25) is 0 Å². The van der Waals surface area contributed by atoms with Gasteiger partial charge in [-0.05, 0) is 12.1 Å². The topological polar surface area (TPSA) is 87.2 Å². The van der Waals surface area contributed by atoms with E-state index in [9.17, 15) is 9.59 Å². The van der Waals surface area contributed by atoms with Gasteiger partial charge in [-0.25, -0.2) is 4.98 Å². The van der Waals surface area contributed by atoms with Gasteiger partial charge in [-0.1, -0.05) is 23.9 Å². The minimum atomic E-state index is -0.448. The molecule has 1 aromatic carbocycles. The normalized spacial score (nSPS) is 10.8. The van der Waals surface area contributed by atoms with E-state index in [1.54, 1.807) is 25.3 Å². The van der Waals surface area contributed by atoms with E-state index >= 15 is 0 Å². The van der Waals surface area contributed by atoms with Gasteiger partial charge in [-0.15, -0.1) is 0 Å². The average molecular weight is 293 g/mol. The van der Waals surface area contributed by atoms with Crippen LogP contribution >= 0.6 is 11.8 Å². The lowest BCUT2D eigenvalue weighted by molar-refractivity contribution is -0.115. The number of carbonyl (C=O) groups excluding carboxylic acids is 1. The van der Waals surface area contributed by atoms with Crippen LogP contribution in [-0.4, -0.2) is 34.9 Å². The largest absolute Gasteiger partial charge is 0.383 e. The third-order valence-electron chi connectivity index (χ3n) is 2.69. The smallest absolute Gasteiger partial charge is 0.262 e. The highest BCUT2D eigenvalue weighted by atomic mass is 32.2. The van der Waals surface area contributed by atoms with E-state index in [1.807, 2.05) is 6.07 Å². The molecule has 1 heterocycles. The van der Waals surface area contributed by atoms with Crippen molar-refractivity contribution in [2.75, 3.05) is 19.5 Å². The number of primary amides is 1. The fourth-order valence-electron chi connectivity index (χ4n) is 1.77. The molecule has 2 N–H and O–H groups in total. The maximum absolute atomic E-state index is 12.4. The van der Waals surface area contributed by atoms with Gasteiger partial charge < -0.3 is 10.5 Å². The minimum absolute atomic E-state index is 0.0811. The molecule has 0 aliphatic heterocycles. The number of aromatic nitrogens is 2. The predicted molar refractivity (Wildman–Crippen MR) is 77.8 cm³/mol. The molecule has 1 aromatic heterocycles. The second-order valence-corrected chi connectivity index (χ2v) is 5.06. The molecule has 106 valence electrons. The van der Waals surface area contributed by atoms with Crippen molar-refractivity contribution in [3.05, 3.63) is 34.6 Å². The number of amides is 1. The predicted octanol–water partition coefficient (Wildman–Crippen LogP) is 0.620. The van der Waals surface area contributed by atoms with Crippen molar-refractivity contribution in [2.24, 2.45) is 5.73 Å². The summed E-state index contributed by atoms with van der Waals surface area (Å²) in [7, 11) is 1.57. The number of thioether (sulfide) groups is 1. The molecule has 2 rings (SSSR count). The lowest BCUT2D eigenvalue weighted by atomic mass is 10.2. The third kappa shape index (κ3) is 3.17. The van der Waals surface area contributed by atoms with E-state index in [0.717, 1.165) is 11.8 Å². The minimum Gasteiger partial charge on any atom is -0.383 e. The highest BCUT2D eigenvalue weighted by molar-refractivity contribution is 7.99. The molecule has 0 radical (unpaired) electrons. The van der Waals surface area contributed by atoms with Crippen LogP contribution in [0.15, 0.2) is 34.2 Å².